The van der Waals surface area contributed by atoms with Gasteiger partial charge < -0.3 is 4.90 Å². The molecule has 0 saturated carbocycles. The van der Waals surface area contributed by atoms with Crippen LogP contribution in [-0.4, -0.2) is 11.4 Å². The molecule has 17 heavy (non-hydrogen) atoms. The number of allylic oxidation sites excluding steroid dienone is 3. The fourth-order valence-electron chi connectivity index (χ4n) is 2.37. The van der Waals surface area contributed by atoms with E-state index >= 15 is 0 Å². The van der Waals surface area contributed by atoms with Gasteiger partial charge in [-0.2, -0.15) is 0 Å². The lowest BCUT2D eigenvalue weighted by atomic mass is 9.98. The van der Waals surface area contributed by atoms with E-state index in [-0.39, 0.29) is 0 Å². The van der Waals surface area contributed by atoms with Gasteiger partial charge >= 0.3 is 0 Å². The van der Waals surface area contributed by atoms with Crippen LogP contribution in [0.1, 0.15) is 26.3 Å². The van der Waals surface area contributed by atoms with Crippen molar-refractivity contribution in [1.82, 2.24) is 4.90 Å². The Balaban J connectivity index is 2.56. The van der Waals surface area contributed by atoms with Crippen LogP contribution in [-0.2, 0) is 0 Å². The second-order valence-corrected chi connectivity index (χ2v) is 4.42. The summed E-state index contributed by atoms with van der Waals surface area (Å²) < 4.78 is 0. The van der Waals surface area contributed by atoms with Gasteiger partial charge in [0.2, 0.25) is 0 Å². The first-order valence-corrected chi connectivity index (χ1v) is 6.06. The molecule has 1 aliphatic heterocycles. The SMILES string of the molecule is C=C1C(C)=CC(C)=C(c2ccccc2)N1CC. The van der Waals surface area contributed by atoms with Crippen LogP contribution >= 0.6 is 0 Å². The van der Waals surface area contributed by atoms with Crippen LogP contribution in [0.3, 0.4) is 0 Å². The van der Waals surface area contributed by atoms with Crippen LogP contribution in [0.25, 0.3) is 5.70 Å². The Morgan fingerprint density at radius 3 is 2.35 bits per heavy atom. The molecule has 1 aliphatic rings. The van der Waals surface area contributed by atoms with Crippen molar-refractivity contribution in [2.75, 3.05) is 6.54 Å². The molecule has 0 saturated heterocycles. The van der Waals surface area contributed by atoms with Gasteiger partial charge in [-0.15, -0.1) is 0 Å². The van der Waals surface area contributed by atoms with E-state index in [1.807, 2.05) is 0 Å². The van der Waals surface area contributed by atoms with Gasteiger partial charge in [0.25, 0.3) is 0 Å². The molecule has 88 valence electrons. The van der Waals surface area contributed by atoms with Crippen molar-refractivity contribution < 1.29 is 0 Å². The highest BCUT2D eigenvalue weighted by atomic mass is 15.1. The maximum Gasteiger partial charge on any atom is 0.0513 e. The standard InChI is InChI=1S/C16H19N/c1-5-17-14(4)12(2)11-13(3)16(17)15-9-7-6-8-10-15/h6-11H,4-5H2,1-3H3. The number of hydrogen-bond donors (Lipinski definition) is 0. The smallest absolute Gasteiger partial charge is 0.0513 e. The molecule has 0 N–H and O–H groups in total. The van der Waals surface area contributed by atoms with E-state index in [0.29, 0.717) is 0 Å². The predicted molar refractivity (Wildman–Crippen MR) is 74.3 cm³/mol. The van der Waals surface area contributed by atoms with E-state index in [2.05, 4.69) is 68.7 Å². The number of rotatable bonds is 2. The molecule has 2 rings (SSSR count). The van der Waals surface area contributed by atoms with Crippen molar-refractivity contribution in [3.05, 3.63) is 65.4 Å². The zero-order valence-corrected chi connectivity index (χ0v) is 10.8. The largest absolute Gasteiger partial charge is 0.341 e. The highest BCUT2D eigenvalue weighted by molar-refractivity contribution is 5.73. The van der Waals surface area contributed by atoms with E-state index < -0.39 is 0 Å². The molecule has 0 radical (unpaired) electrons. The van der Waals surface area contributed by atoms with Gasteiger partial charge in [-0.1, -0.05) is 43.0 Å². The molecule has 0 aromatic heterocycles. The molecular formula is C16H19N. The monoisotopic (exact) mass is 225 g/mol. The van der Waals surface area contributed by atoms with Gasteiger partial charge in [-0.25, -0.2) is 0 Å². The number of hydrogen-bond acceptors (Lipinski definition) is 1. The molecule has 1 nitrogen and oxygen atoms in total. The van der Waals surface area contributed by atoms with Crippen LogP contribution in [0.2, 0.25) is 0 Å². The zero-order valence-electron chi connectivity index (χ0n) is 10.8. The lowest BCUT2D eigenvalue weighted by molar-refractivity contribution is 0.518. The summed E-state index contributed by atoms with van der Waals surface area (Å²) in [6.07, 6.45) is 2.22. The minimum Gasteiger partial charge on any atom is -0.341 e. The maximum absolute atomic E-state index is 4.18. The number of likely N-dealkylation sites (N-methyl/N-ethyl adjacent to an activating group) is 1. The Morgan fingerprint density at radius 2 is 1.76 bits per heavy atom. The first-order valence-electron chi connectivity index (χ1n) is 6.06. The zero-order chi connectivity index (χ0) is 12.4. The quantitative estimate of drug-likeness (QED) is 0.728. The van der Waals surface area contributed by atoms with E-state index in [1.54, 1.807) is 0 Å². The minimum absolute atomic E-state index is 0.950. The molecule has 0 spiro atoms. The Kier molecular flexibility index (Phi) is 3.19. The molecule has 1 heterocycles. The molecule has 1 aromatic rings. The summed E-state index contributed by atoms with van der Waals surface area (Å²) in [4.78, 5) is 2.29. The third-order valence-corrected chi connectivity index (χ3v) is 3.22. The summed E-state index contributed by atoms with van der Waals surface area (Å²) in [5.74, 6) is 0. The Morgan fingerprint density at radius 1 is 1.12 bits per heavy atom. The average molecular weight is 225 g/mol. The summed E-state index contributed by atoms with van der Waals surface area (Å²) in [6.45, 7) is 11.6. The van der Waals surface area contributed by atoms with E-state index in [0.717, 1.165) is 12.2 Å². The van der Waals surface area contributed by atoms with Gasteiger partial charge in [0.1, 0.15) is 0 Å². The summed E-state index contributed by atoms with van der Waals surface area (Å²) >= 11 is 0. The van der Waals surface area contributed by atoms with Crippen molar-refractivity contribution >= 4 is 5.70 Å². The predicted octanol–water partition coefficient (Wildman–Crippen LogP) is 4.21. The van der Waals surface area contributed by atoms with Crippen molar-refractivity contribution in [2.24, 2.45) is 0 Å². The first-order chi connectivity index (χ1) is 8.15. The molecule has 0 unspecified atom stereocenters. The second-order valence-electron chi connectivity index (χ2n) is 4.42. The fourth-order valence-corrected chi connectivity index (χ4v) is 2.37. The summed E-state index contributed by atoms with van der Waals surface area (Å²) in [6, 6.07) is 10.5. The lowest BCUT2D eigenvalue weighted by Gasteiger charge is -2.33. The molecule has 1 aromatic carbocycles. The van der Waals surface area contributed by atoms with Crippen LogP contribution < -0.4 is 0 Å². The highest BCUT2D eigenvalue weighted by Crippen LogP contribution is 2.33. The molecule has 0 bridgehead atoms. The molecule has 1 heteroatoms. The van der Waals surface area contributed by atoms with Crippen molar-refractivity contribution in [3.8, 4) is 0 Å². The molecular weight excluding hydrogens is 206 g/mol. The Labute approximate surface area is 104 Å². The Hall–Kier alpha value is -1.76. The average Bonchev–Trinajstić information content (AvgIpc) is 2.34. The lowest BCUT2D eigenvalue weighted by Crippen LogP contribution is -2.24. The van der Waals surface area contributed by atoms with Gasteiger partial charge in [-0.3, -0.25) is 0 Å². The summed E-state index contributed by atoms with van der Waals surface area (Å²) in [5.41, 5.74) is 6.21. The number of benzene rings is 1. The Bertz CT molecular complexity index is 492. The van der Waals surface area contributed by atoms with Crippen molar-refractivity contribution in [1.29, 1.82) is 0 Å². The van der Waals surface area contributed by atoms with Crippen LogP contribution in [0, 0.1) is 0 Å². The van der Waals surface area contributed by atoms with Crippen LogP contribution in [0.15, 0.2) is 59.8 Å². The van der Waals surface area contributed by atoms with Crippen molar-refractivity contribution in [3.63, 3.8) is 0 Å². The highest BCUT2D eigenvalue weighted by Gasteiger charge is 2.20. The maximum atomic E-state index is 4.18. The third-order valence-electron chi connectivity index (χ3n) is 3.22. The van der Waals surface area contributed by atoms with E-state index in [9.17, 15) is 0 Å². The fraction of sp³-hybridized carbons (Fsp3) is 0.250. The first kappa shape index (κ1) is 11.7. The summed E-state index contributed by atoms with van der Waals surface area (Å²) in [7, 11) is 0. The van der Waals surface area contributed by atoms with E-state index in [4.69, 9.17) is 0 Å². The van der Waals surface area contributed by atoms with Gasteiger partial charge in [0.05, 0.1) is 5.70 Å². The molecule has 0 amide bonds. The van der Waals surface area contributed by atoms with Gasteiger partial charge in [0, 0.05) is 12.2 Å². The third kappa shape index (κ3) is 2.05. The topological polar surface area (TPSA) is 3.24 Å². The summed E-state index contributed by atoms with van der Waals surface area (Å²) in [5, 5.41) is 0. The van der Waals surface area contributed by atoms with Crippen molar-refractivity contribution in [2.45, 2.75) is 20.8 Å². The normalized spacial score (nSPS) is 16.3. The molecule has 0 atom stereocenters. The minimum atomic E-state index is 0.950. The van der Waals surface area contributed by atoms with Gasteiger partial charge in [-0.05, 0) is 37.5 Å². The van der Waals surface area contributed by atoms with Gasteiger partial charge in [0.15, 0.2) is 0 Å². The van der Waals surface area contributed by atoms with E-state index in [1.165, 1.54) is 22.4 Å². The molecule has 0 fully saturated rings. The van der Waals surface area contributed by atoms with Crippen LogP contribution in [0.4, 0.5) is 0 Å². The van der Waals surface area contributed by atoms with Crippen LogP contribution in [0.5, 0.6) is 0 Å². The molecule has 0 aliphatic carbocycles. The number of nitrogens with zero attached hydrogens (tertiary/aromatic N) is 1. The second kappa shape index (κ2) is 4.62.